The number of benzene rings is 1. The Morgan fingerprint density at radius 2 is 1.82 bits per heavy atom. The first-order valence-corrected chi connectivity index (χ1v) is 8.39. The van der Waals surface area contributed by atoms with E-state index in [2.05, 4.69) is 4.74 Å². The van der Waals surface area contributed by atoms with Crippen LogP contribution in [0.5, 0.6) is 0 Å². The predicted molar refractivity (Wildman–Crippen MR) is 85.4 cm³/mol. The van der Waals surface area contributed by atoms with Crippen molar-refractivity contribution in [2.45, 2.75) is 43.8 Å². The topological polar surface area (TPSA) is 61.8 Å². The first kappa shape index (κ1) is 17.2. The predicted octanol–water partition coefficient (Wildman–Crippen LogP) is 1.27. The molecule has 1 heterocycles. The molecule has 0 aliphatic carbocycles. The van der Waals surface area contributed by atoms with E-state index >= 15 is 0 Å². The molecule has 22 heavy (non-hydrogen) atoms. The van der Waals surface area contributed by atoms with Crippen molar-refractivity contribution in [2.75, 3.05) is 12.9 Å². The van der Waals surface area contributed by atoms with Crippen LogP contribution in [0.25, 0.3) is 0 Å². The van der Waals surface area contributed by atoms with Gasteiger partial charge in [-0.25, -0.2) is 0 Å². The van der Waals surface area contributed by atoms with Crippen LogP contribution < -0.4 is 5.46 Å². The van der Waals surface area contributed by atoms with Crippen molar-refractivity contribution in [3.63, 3.8) is 0 Å². The van der Waals surface area contributed by atoms with Crippen LogP contribution in [0.3, 0.4) is 0 Å². The van der Waals surface area contributed by atoms with E-state index in [0.717, 1.165) is 5.46 Å². The van der Waals surface area contributed by atoms with Crippen molar-refractivity contribution in [3.8, 4) is 0 Å². The highest BCUT2D eigenvalue weighted by molar-refractivity contribution is 7.85. The SMILES string of the molecule is COC(=O)CS(=O)c1cccc(B2OC(C)(C)C(C)(C)O2)c1. The molecule has 1 unspecified atom stereocenters. The minimum absolute atomic E-state index is 0.163. The molecule has 1 fully saturated rings. The van der Waals surface area contributed by atoms with Gasteiger partial charge in [0.15, 0.2) is 0 Å². The van der Waals surface area contributed by atoms with E-state index in [-0.39, 0.29) is 5.75 Å². The molecule has 0 spiro atoms. The maximum Gasteiger partial charge on any atom is 0.494 e. The van der Waals surface area contributed by atoms with E-state index in [4.69, 9.17) is 9.31 Å². The number of rotatable bonds is 4. The Bertz CT molecular complexity index is 583. The second kappa shape index (κ2) is 6.14. The molecule has 0 N–H and O–H groups in total. The molecule has 7 heteroatoms. The molecule has 120 valence electrons. The van der Waals surface area contributed by atoms with Gasteiger partial charge >= 0.3 is 13.1 Å². The highest BCUT2D eigenvalue weighted by Gasteiger charge is 2.51. The summed E-state index contributed by atoms with van der Waals surface area (Å²) in [7, 11) is -0.684. The van der Waals surface area contributed by atoms with Gasteiger partial charge in [-0.2, -0.15) is 0 Å². The number of hydrogen-bond donors (Lipinski definition) is 0. The van der Waals surface area contributed by atoms with Crippen LogP contribution in [0, 0.1) is 0 Å². The number of carbonyl (C=O) groups excluding carboxylic acids is 1. The Hall–Kier alpha value is -1.18. The molecule has 1 aromatic rings. The zero-order valence-corrected chi connectivity index (χ0v) is 14.4. The average molecular weight is 324 g/mol. The van der Waals surface area contributed by atoms with Gasteiger partial charge in [-0.05, 0) is 45.3 Å². The lowest BCUT2D eigenvalue weighted by atomic mass is 9.79. The summed E-state index contributed by atoms with van der Waals surface area (Å²) in [6, 6.07) is 7.11. The van der Waals surface area contributed by atoms with Gasteiger partial charge in [0.05, 0.1) is 29.1 Å². The third-order valence-corrected chi connectivity index (χ3v) is 5.40. The van der Waals surface area contributed by atoms with Gasteiger partial charge in [-0.1, -0.05) is 12.1 Å². The molecule has 1 aromatic carbocycles. The van der Waals surface area contributed by atoms with Crippen molar-refractivity contribution in [1.82, 2.24) is 0 Å². The maximum atomic E-state index is 12.2. The molecule has 2 rings (SSSR count). The summed E-state index contributed by atoms with van der Waals surface area (Å²) in [6.07, 6.45) is 0. The van der Waals surface area contributed by atoms with Crippen molar-refractivity contribution in [3.05, 3.63) is 24.3 Å². The summed E-state index contributed by atoms with van der Waals surface area (Å²) in [5, 5.41) is 0. The smallest absolute Gasteiger partial charge is 0.468 e. The minimum atomic E-state index is -1.45. The minimum Gasteiger partial charge on any atom is -0.468 e. The largest absolute Gasteiger partial charge is 0.494 e. The summed E-state index contributed by atoms with van der Waals surface area (Å²) in [5.74, 6) is -0.664. The Kier molecular flexibility index (Phi) is 4.80. The van der Waals surface area contributed by atoms with Crippen LogP contribution in [-0.4, -0.2) is 41.4 Å². The van der Waals surface area contributed by atoms with E-state index in [1.165, 1.54) is 7.11 Å². The second-order valence-electron chi connectivity index (χ2n) is 6.23. The van der Waals surface area contributed by atoms with Crippen molar-refractivity contribution in [2.24, 2.45) is 0 Å². The zero-order chi connectivity index (χ0) is 16.5. The summed E-state index contributed by atoms with van der Waals surface area (Å²) < 4.78 is 28.7. The lowest BCUT2D eigenvalue weighted by molar-refractivity contribution is -0.137. The van der Waals surface area contributed by atoms with Gasteiger partial charge in [-0.15, -0.1) is 0 Å². The van der Waals surface area contributed by atoms with Gasteiger partial charge in [0.1, 0.15) is 5.75 Å². The molecular formula is C15H21BO5S. The first-order valence-electron chi connectivity index (χ1n) is 7.07. The van der Waals surface area contributed by atoms with Gasteiger partial charge in [0, 0.05) is 4.90 Å². The lowest BCUT2D eigenvalue weighted by Crippen LogP contribution is -2.41. The van der Waals surface area contributed by atoms with E-state index in [9.17, 15) is 9.00 Å². The maximum absolute atomic E-state index is 12.2. The van der Waals surface area contributed by atoms with Crippen molar-refractivity contribution in [1.29, 1.82) is 0 Å². The Labute approximate surface area is 133 Å². The summed E-state index contributed by atoms with van der Waals surface area (Å²) in [4.78, 5) is 11.8. The van der Waals surface area contributed by atoms with Crippen LogP contribution in [0.15, 0.2) is 29.2 Å². The van der Waals surface area contributed by atoms with Crippen LogP contribution in [0.4, 0.5) is 0 Å². The van der Waals surface area contributed by atoms with E-state index in [0.29, 0.717) is 4.90 Å². The van der Waals surface area contributed by atoms with Crippen LogP contribution in [0.2, 0.25) is 0 Å². The third-order valence-electron chi connectivity index (χ3n) is 4.12. The zero-order valence-electron chi connectivity index (χ0n) is 13.5. The Balaban J connectivity index is 2.20. The Morgan fingerprint density at radius 1 is 1.23 bits per heavy atom. The fraction of sp³-hybridized carbons (Fsp3) is 0.533. The molecule has 5 nitrogen and oxygen atoms in total. The van der Waals surface area contributed by atoms with Crippen molar-refractivity contribution < 1.29 is 23.0 Å². The number of hydrogen-bond acceptors (Lipinski definition) is 5. The summed E-state index contributed by atoms with van der Waals surface area (Å²) in [5.41, 5.74) is -0.0770. The summed E-state index contributed by atoms with van der Waals surface area (Å²) >= 11 is 0. The number of methoxy groups -OCH3 is 1. The summed E-state index contributed by atoms with van der Waals surface area (Å²) in [6.45, 7) is 7.91. The van der Waals surface area contributed by atoms with Gasteiger partial charge in [-0.3, -0.25) is 9.00 Å². The van der Waals surface area contributed by atoms with Gasteiger partial charge in [0.2, 0.25) is 0 Å². The third kappa shape index (κ3) is 3.42. The highest BCUT2D eigenvalue weighted by atomic mass is 32.2. The number of ether oxygens (including phenoxy) is 1. The number of carbonyl (C=O) groups is 1. The van der Waals surface area contributed by atoms with Crippen LogP contribution in [-0.2, 0) is 29.6 Å². The first-order chi connectivity index (χ1) is 10.2. The molecule has 0 amide bonds. The molecule has 0 bridgehead atoms. The Morgan fingerprint density at radius 3 is 2.36 bits per heavy atom. The highest BCUT2D eigenvalue weighted by Crippen LogP contribution is 2.36. The molecule has 1 aliphatic rings. The second-order valence-corrected chi connectivity index (χ2v) is 7.68. The molecular weight excluding hydrogens is 303 g/mol. The lowest BCUT2D eigenvalue weighted by Gasteiger charge is -2.32. The molecule has 0 aromatic heterocycles. The van der Waals surface area contributed by atoms with Crippen LogP contribution >= 0.6 is 0 Å². The number of esters is 1. The molecule has 1 atom stereocenters. The normalized spacial score (nSPS) is 20.7. The molecule has 0 saturated carbocycles. The van der Waals surface area contributed by atoms with Gasteiger partial charge < -0.3 is 14.0 Å². The standard InChI is InChI=1S/C15H21BO5S/c1-14(2)15(3,4)21-16(20-14)11-7-6-8-12(9-11)22(18)10-13(17)19-5/h6-9H,10H2,1-5H3. The monoisotopic (exact) mass is 324 g/mol. The van der Waals surface area contributed by atoms with E-state index in [1.54, 1.807) is 18.2 Å². The molecule has 1 aliphatic heterocycles. The van der Waals surface area contributed by atoms with E-state index < -0.39 is 35.1 Å². The van der Waals surface area contributed by atoms with E-state index in [1.807, 2.05) is 33.8 Å². The average Bonchev–Trinajstić information content (AvgIpc) is 2.67. The quantitative estimate of drug-likeness (QED) is 0.616. The fourth-order valence-corrected chi connectivity index (χ4v) is 3.03. The molecule has 1 saturated heterocycles. The van der Waals surface area contributed by atoms with Crippen LogP contribution in [0.1, 0.15) is 27.7 Å². The fourth-order valence-electron chi connectivity index (χ4n) is 2.03. The van der Waals surface area contributed by atoms with Gasteiger partial charge in [0.25, 0.3) is 0 Å². The van der Waals surface area contributed by atoms with Crippen molar-refractivity contribution >= 4 is 29.4 Å². The molecule has 0 radical (unpaired) electrons.